The van der Waals surface area contributed by atoms with Crippen molar-refractivity contribution >= 4 is 11.8 Å². The van der Waals surface area contributed by atoms with Crippen LogP contribution in [0.2, 0.25) is 0 Å². The summed E-state index contributed by atoms with van der Waals surface area (Å²) in [7, 11) is 1.62. The van der Waals surface area contributed by atoms with Gasteiger partial charge in [-0.3, -0.25) is 0 Å². The molecule has 0 atom stereocenters. The molecule has 5 heteroatoms. The van der Waals surface area contributed by atoms with Crippen molar-refractivity contribution in [1.29, 1.82) is 0 Å². The van der Waals surface area contributed by atoms with Crippen LogP contribution in [-0.2, 0) is 11.3 Å². The van der Waals surface area contributed by atoms with E-state index in [1.165, 1.54) is 23.9 Å². The topological polar surface area (TPSA) is 21.3 Å². The second kappa shape index (κ2) is 8.12. The Bertz CT molecular complexity index is 592. The van der Waals surface area contributed by atoms with Crippen LogP contribution in [0.3, 0.4) is 0 Å². The van der Waals surface area contributed by atoms with Gasteiger partial charge in [0.2, 0.25) is 0 Å². The molecule has 21 heavy (non-hydrogen) atoms. The maximum atomic E-state index is 14.0. The zero-order valence-electron chi connectivity index (χ0n) is 11.7. The molecule has 0 unspecified atom stereocenters. The summed E-state index contributed by atoms with van der Waals surface area (Å²) in [6.07, 6.45) is 0. The molecular weight excluding hydrogens is 292 g/mol. The Labute approximate surface area is 127 Å². The van der Waals surface area contributed by atoms with Crippen LogP contribution >= 0.6 is 11.8 Å². The average Bonchev–Trinajstić information content (AvgIpc) is 2.48. The summed E-state index contributed by atoms with van der Waals surface area (Å²) in [5.41, 5.74) is 0.543. The Morgan fingerprint density at radius 2 is 1.71 bits per heavy atom. The van der Waals surface area contributed by atoms with Crippen LogP contribution in [0.5, 0.6) is 0 Å². The largest absolute Gasteiger partial charge is 0.383 e. The molecule has 1 N–H and O–H groups in total. The van der Waals surface area contributed by atoms with Gasteiger partial charge in [-0.05, 0) is 24.3 Å². The zero-order valence-corrected chi connectivity index (χ0v) is 12.6. The van der Waals surface area contributed by atoms with Gasteiger partial charge >= 0.3 is 0 Å². The second-order valence-electron chi connectivity index (χ2n) is 4.42. The van der Waals surface area contributed by atoms with Gasteiger partial charge in [0.15, 0.2) is 0 Å². The highest BCUT2D eigenvalue weighted by Gasteiger charge is 2.11. The lowest BCUT2D eigenvalue weighted by molar-refractivity contribution is 0.199. The molecule has 0 aliphatic rings. The maximum Gasteiger partial charge on any atom is 0.137 e. The molecule has 0 aliphatic heterocycles. The average molecular weight is 309 g/mol. The lowest BCUT2D eigenvalue weighted by atomic mass is 10.2. The molecular formula is C16H17F2NOS. The summed E-state index contributed by atoms with van der Waals surface area (Å²) in [6.45, 7) is 1.58. The van der Waals surface area contributed by atoms with E-state index in [4.69, 9.17) is 4.74 Å². The molecule has 2 aromatic rings. The molecule has 0 bridgehead atoms. The monoisotopic (exact) mass is 309 g/mol. The first kappa shape index (κ1) is 15.9. The molecule has 2 aromatic carbocycles. The highest BCUT2D eigenvalue weighted by molar-refractivity contribution is 7.99. The number of rotatable bonds is 7. The third-order valence-corrected chi connectivity index (χ3v) is 4.07. The van der Waals surface area contributed by atoms with Crippen molar-refractivity contribution in [2.45, 2.75) is 16.3 Å². The lowest BCUT2D eigenvalue weighted by Crippen LogP contribution is -2.19. The summed E-state index contributed by atoms with van der Waals surface area (Å²) in [5, 5.41) is 3.11. The van der Waals surface area contributed by atoms with Crippen LogP contribution in [0.15, 0.2) is 52.3 Å². The number of ether oxygens (including phenoxy) is 1. The summed E-state index contributed by atoms with van der Waals surface area (Å²) in [5.74, 6) is -0.591. The molecule has 112 valence electrons. The van der Waals surface area contributed by atoms with Crippen LogP contribution in [0.4, 0.5) is 8.78 Å². The molecule has 0 saturated carbocycles. The highest BCUT2D eigenvalue weighted by Crippen LogP contribution is 2.33. The Hall–Kier alpha value is -1.43. The molecule has 0 fully saturated rings. The third-order valence-electron chi connectivity index (χ3n) is 2.92. The number of halogens is 2. The summed E-state index contributed by atoms with van der Waals surface area (Å²) in [6, 6.07) is 11.3. The van der Waals surface area contributed by atoms with Crippen molar-refractivity contribution in [2.75, 3.05) is 20.3 Å². The molecule has 0 saturated heterocycles. The van der Waals surface area contributed by atoms with Crippen LogP contribution in [0.1, 0.15) is 5.56 Å². The summed E-state index contributed by atoms with van der Waals surface area (Å²) < 4.78 is 32.6. The predicted molar refractivity (Wildman–Crippen MR) is 80.5 cm³/mol. The van der Waals surface area contributed by atoms with Crippen LogP contribution in [-0.4, -0.2) is 20.3 Å². The molecule has 0 radical (unpaired) electrons. The highest BCUT2D eigenvalue weighted by atomic mass is 32.2. The SMILES string of the molecule is COCCNCc1c(F)cccc1Sc1ccccc1F. The number of hydrogen-bond acceptors (Lipinski definition) is 3. The van der Waals surface area contributed by atoms with E-state index < -0.39 is 0 Å². The minimum atomic E-state index is -0.301. The van der Waals surface area contributed by atoms with Crippen molar-refractivity contribution in [3.63, 3.8) is 0 Å². The Morgan fingerprint density at radius 1 is 1.00 bits per heavy atom. The number of nitrogens with one attached hydrogen (secondary N) is 1. The van der Waals surface area contributed by atoms with Crippen molar-refractivity contribution < 1.29 is 13.5 Å². The van der Waals surface area contributed by atoms with Gasteiger partial charge in [-0.2, -0.15) is 0 Å². The van der Waals surface area contributed by atoms with Gasteiger partial charge in [0, 0.05) is 35.6 Å². The van der Waals surface area contributed by atoms with Crippen LogP contribution < -0.4 is 5.32 Å². The number of benzene rings is 2. The van der Waals surface area contributed by atoms with Gasteiger partial charge in [0.1, 0.15) is 11.6 Å². The van der Waals surface area contributed by atoms with Crippen LogP contribution in [0, 0.1) is 11.6 Å². The Balaban J connectivity index is 2.15. The Kier molecular flexibility index (Phi) is 6.17. The van der Waals surface area contributed by atoms with Crippen molar-refractivity contribution in [3.05, 3.63) is 59.7 Å². The van der Waals surface area contributed by atoms with Gasteiger partial charge in [-0.1, -0.05) is 30.0 Å². The smallest absolute Gasteiger partial charge is 0.137 e. The predicted octanol–water partition coefficient (Wildman–Crippen LogP) is 3.85. The summed E-state index contributed by atoms with van der Waals surface area (Å²) in [4.78, 5) is 1.20. The van der Waals surface area contributed by atoms with Crippen molar-refractivity contribution in [1.82, 2.24) is 5.32 Å². The van der Waals surface area contributed by atoms with E-state index in [0.29, 0.717) is 35.1 Å². The molecule has 0 heterocycles. The first-order valence-electron chi connectivity index (χ1n) is 6.62. The van der Waals surface area contributed by atoms with E-state index in [-0.39, 0.29) is 11.6 Å². The second-order valence-corrected chi connectivity index (χ2v) is 5.50. The van der Waals surface area contributed by atoms with E-state index in [1.807, 2.05) is 0 Å². The van der Waals surface area contributed by atoms with Gasteiger partial charge in [-0.15, -0.1) is 0 Å². The van der Waals surface area contributed by atoms with Crippen molar-refractivity contribution in [2.24, 2.45) is 0 Å². The van der Waals surface area contributed by atoms with Gasteiger partial charge < -0.3 is 10.1 Å². The molecule has 2 nitrogen and oxygen atoms in total. The van der Waals surface area contributed by atoms with Gasteiger partial charge in [0.05, 0.1) is 6.61 Å². The third kappa shape index (κ3) is 4.52. The van der Waals surface area contributed by atoms with E-state index in [1.54, 1.807) is 37.4 Å². The fraction of sp³-hybridized carbons (Fsp3) is 0.250. The standard InChI is InChI=1S/C16H17F2NOS/c1-20-10-9-19-11-12-13(17)6-4-8-15(12)21-16-7-3-2-5-14(16)18/h2-8,19H,9-11H2,1H3. The van der Waals surface area contributed by atoms with E-state index in [0.717, 1.165) is 0 Å². The van der Waals surface area contributed by atoms with E-state index in [2.05, 4.69) is 5.32 Å². The molecule has 0 spiro atoms. The first-order chi connectivity index (χ1) is 10.2. The molecule has 0 aliphatic carbocycles. The number of methoxy groups -OCH3 is 1. The van der Waals surface area contributed by atoms with E-state index >= 15 is 0 Å². The zero-order chi connectivity index (χ0) is 15.1. The molecule has 0 amide bonds. The fourth-order valence-corrected chi connectivity index (χ4v) is 2.83. The van der Waals surface area contributed by atoms with Gasteiger partial charge in [0.25, 0.3) is 0 Å². The van der Waals surface area contributed by atoms with E-state index in [9.17, 15) is 8.78 Å². The lowest BCUT2D eigenvalue weighted by Gasteiger charge is -2.11. The quantitative estimate of drug-likeness (QED) is 0.785. The fourth-order valence-electron chi connectivity index (χ4n) is 1.84. The normalized spacial score (nSPS) is 10.8. The van der Waals surface area contributed by atoms with Crippen LogP contribution in [0.25, 0.3) is 0 Å². The minimum absolute atomic E-state index is 0.291. The summed E-state index contributed by atoms with van der Waals surface area (Å²) >= 11 is 1.23. The molecule has 0 aromatic heterocycles. The molecule has 2 rings (SSSR count). The first-order valence-corrected chi connectivity index (χ1v) is 7.43. The van der Waals surface area contributed by atoms with Gasteiger partial charge in [-0.25, -0.2) is 8.78 Å². The number of hydrogen-bond donors (Lipinski definition) is 1. The maximum absolute atomic E-state index is 14.0. The Morgan fingerprint density at radius 3 is 2.48 bits per heavy atom. The minimum Gasteiger partial charge on any atom is -0.383 e. The van der Waals surface area contributed by atoms with Crippen molar-refractivity contribution in [3.8, 4) is 0 Å².